The predicted octanol–water partition coefficient (Wildman–Crippen LogP) is 6.35. The normalized spacial score (nSPS) is 17.0. The Morgan fingerprint density at radius 1 is 1.14 bits per heavy atom. The van der Waals surface area contributed by atoms with Crippen molar-refractivity contribution in [3.63, 3.8) is 0 Å². The molecule has 2 aliphatic rings. The third-order valence-corrected chi connectivity index (χ3v) is 6.04. The molecule has 5 rings (SSSR count). The SMILES string of the molecule is O=C(c1c(Cl)cccc1C1CC1)n1nc(C2=CCCCC2)c2c(F)cccc21. The largest absolute Gasteiger partial charge is 0.280 e. The van der Waals surface area contributed by atoms with Crippen molar-refractivity contribution < 1.29 is 9.18 Å². The fourth-order valence-electron chi connectivity index (χ4n) is 4.17. The van der Waals surface area contributed by atoms with Crippen molar-refractivity contribution >= 4 is 34.0 Å². The molecule has 5 heteroatoms. The average molecular weight is 395 g/mol. The van der Waals surface area contributed by atoms with Gasteiger partial charge in [-0.2, -0.15) is 9.78 Å². The first-order valence-corrected chi connectivity index (χ1v) is 10.2. The van der Waals surface area contributed by atoms with Crippen LogP contribution < -0.4 is 0 Å². The minimum atomic E-state index is -0.348. The van der Waals surface area contributed by atoms with Crippen LogP contribution in [0, 0.1) is 5.82 Å². The van der Waals surface area contributed by atoms with Gasteiger partial charge in [0.15, 0.2) is 0 Å². The Morgan fingerprint density at radius 2 is 1.96 bits per heavy atom. The van der Waals surface area contributed by atoms with E-state index in [1.807, 2.05) is 12.1 Å². The molecule has 0 saturated heterocycles. The first kappa shape index (κ1) is 17.6. The van der Waals surface area contributed by atoms with Gasteiger partial charge in [0, 0.05) is 0 Å². The highest BCUT2D eigenvalue weighted by atomic mass is 35.5. The fraction of sp³-hybridized carbons (Fsp3) is 0.304. The standard InChI is InChI=1S/C23H20ClFN2O/c24-17-9-4-8-16(14-12-13-14)20(17)23(28)27-19-11-5-10-18(25)21(19)22(26-27)15-6-2-1-3-7-15/h4-6,8-11,14H,1-3,7,12-13H2. The van der Waals surface area contributed by atoms with Gasteiger partial charge in [0.05, 0.1) is 27.2 Å². The molecule has 28 heavy (non-hydrogen) atoms. The van der Waals surface area contributed by atoms with E-state index in [1.54, 1.807) is 18.2 Å². The number of allylic oxidation sites excluding steroid dienone is 2. The maximum absolute atomic E-state index is 14.8. The van der Waals surface area contributed by atoms with Crippen molar-refractivity contribution in [1.29, 1.82) is 0 Å². The monoisotopic (exact) mass is 394 g/mol. The van der Waals surface area contributed by atoms with Crippen molar-refractivity contribution in [3.05, 3.63) is 70.1 Å². The number of carbonyl (C=O) groups is 1. The van der Waals surface area contributed by atoms with E-state index in [-0.39, 0.29) is 11.7 Å². The van der Waals surface area contributed by atoms with E-state index < -0.39 is 0 Å². The van der Waals surface area contributed by atoms with Crippen LogP contribution >= 0.6 is 11.6 Å². The van der Waals surface area contributed by atoms with Crippen LogP contribution in [0.5, 0.6) is 0 Å². The summed E-state index contributed by atoms with van der Waals surface area (Å²) in [6.07, 6.45) is 8.25. The molecule has 3 aromatic rings. The molecular weight excluding hydrogens is 375 g/mol. The molecule has 1 fully saturated rings. The second kappa shape index (κ2) is 6.85. The molecule has 1 saturated carbocycles. The van der Waals surface area contributed by atoms with E-state index in [2.05, 4.69) is 11.2 Å². The lowest BCUT2D eigenvalue weighted by atomic mass is 9.95. The minimum absolute atomic E-state index is 0.286. The van der Waals surface area contributed by atoms with Crippen LogP contribution in [0.25, 0.3) is 16.5 Å². The fourth-order valence-corrected chi connectivity index (χ4v) is 4.43. The zero-order chi connectivity index (χ0) is 19.3. The highest BCUT2D eigenvalue weighted by Gasteiger charge is 2.31. The number of hydrogen-bond acceptors (Lipinski definition) is 2. The Balaban J connectivity index is 1.71. The van der Waals surface area contributed by atoms with E-state index in [0.29, 0.717) is 33.1 Å². The number of hydrogen-bond donors (Lipinski definition) is 0. The van der Waals surface area contributed by atoms with Crippen molar-refractivity contribution in [3.8, 4) is 0 Å². The van der Waals surface area contributed by atoms with E-state index in [4.69, 9.17) is 11.6 Å². The molecule has 2 aliphatic carbocycles. The third kappa shape index (κ3) is 2.87. The number of fused-ring (bicyclic) bond motifs is 1. The second-order valence-electron chi connectivity index (χ2n) is 7.65. The average Bonchev–Trinajstić information content (AvgIpc) is 3.48. The minimum Gasteiger partial charge on any atom is -0.267 e. The van der Waals surface area contributed by atoms with Crippen LogP contribution in [0.4, 0.5) is 4.39 Å². The molecule has 1 aromatic heterocycles. The van der Waals surface area contributed by atoms with Crippen LogP contribution in [0.2, 0.25) is 5.02 Å². The summed E-state index contributed by atoms with van der Waals surface area (Å²) in [6, 6.07) is 10.4. The van der Waals surface area contributed by atoms with Gasteiger partial charge in [-0.05, 0) is 73.8 Å². The van der Waals surface area contributed by atoms with Crippen molar-refractivity contribution in [2.24, 2.45) is 0 Å². The first-order chi connectivity index (χ1) is 13.6. The number of carbonyl (C=O) groups excluding carboxylic acids is 1. The van der Waals surface area contributed by atoms with Crippen molar-refractivity contribution in [1.82, 2.24) is 9.78 Å². The molecule has 2 aromatic carbocycles. The van der Waals surface area contributed by atoms with Gasteiger partial charge >= 0.3 is 0 Å². The van der Waals surface area contributed by atoms with Gasteiger partial charge < -0.3 is 0 Å². The van der Waals surface area contributed by atoms with Crippen LogP contribution in [0.15, 0.2) is 42.5 Å². The summed E-state index contributed by atoms with van der Waals surface area (Å²) < 4.78 is 16.1. The molecule has 0 amide bonds. The highest BCUT2D eigenvalue weighted by molar-refractivity contribution is 6.34. The van der Waals surface area contributed by atoms with E-state index in [9.17, 15) is 9.18 Å². The lowest BCUT2D eigenvalue weighted by molar-refractivity contribution is 0.0949. The number of rotatable bonds is 3. The van der Waals surface area contributed by atoms with Gasteiger partial charge in [0.25, 0.3) is 5.91 Å². The molecule has 0 N–H and O–H groups in total. The summed E-state index contributed by atoms with van der Waals surface area (Å²) in [5.41, 5.74) is 3.56. The van der Waals surface area contributed by atoms with E-state index in [0.717, 1.165) is 49.7 Å². The van der Waals surface area contributed by atoms with Crippen molar-refractivity contribution in [2.75, 3.05) is 0 Å². The third-order valence-electron chi connectivity index (χ3n) is 5.72. The Morgan fingerprint density at radius 3 is 2.71 bits per heavy atom. The van der Waals surface area contributed by atoms with Gasteiger partial charge in [-0.3, -0.25) is 4.79 Å². The zero-order valence-corrected chi connectivity index (χ0v) is 16.2. The van der Waals surface area contributed by atoms with Gasteiger partial charge in [-0.1, -0.05) is 35.9 Å². The summed E-state index contributed by atoms with van der Waals surface area (Å²) in [6.45, 7) is 0. The smallest absolute Gasteiger partial charge is 0.267 e. The van der Waals surface area contributed by atoms with Crippen molar-refractivity contribution in [2.45, 2.75) is 44.4 Å². The summed E-state index contributed by atoms with van der Waals surface area (Å²) in [7, 11) is 0. The Bertz CT molecular complexity index is 1130. The molecule has 142 valence electrons. The molecule has 0 spiro atoms. The second-order valence-corrected chi connectivity index (χ2v) is 8.06. The maximum Gasteiger partial charge on any atom is 0.280 e. The van der Waals surface area contributed by atoms with Gasteiger partial charge in [-0.25, -0.2) is 4.39 Å². The van der Waals surface area contributed by atoms with Crippen LogP contribution in [0.1, 0.15) is 66.1 Å². The molecule has 0 unspecified atom stereocenters. The molecule has 3 nitrogen and oxygen atoms in total. The summed E-state index contributed by atoms with van der Waals surface area (Å²) in [5, 5.41) is 5.46. The Hall–Kier alpha value is -2.46. The molecular formula is C23H20ClFN2O. The van der Waals surface area contributed by atoms with Crippen LogP contribution in [-0.4, -0.2) is 15.7 Å². The van der Waals surface area contributed by atoms with Crippen LogP contribution in [0.3, 0.4) is 0 Å². The van der Waals surface area contributed by atoms with Gasteiger partial charge in [-0.15, -0.1) is 0 Å². The lowest BCUT2D eigenvalue weighted by Crippen LogP contribution is -2.16. The number of nitrogens with zero attached hydrogens (tertiary/aromatic N) is 2. The summed E-state index contributed by atoms with van der Waals surface area (Å²) in [4.78, 5) is 13.5. The topological polar surface area (TPSA) is 34.9 Å². The first-order valence-electron chi connectivity index (χ1n) is 9.85. The van der Waals surface area contributed by atoms with E-state index in [1.165, 1.54) is 10.7 Å². The van der Waals surface area contributed by atoms with Gasteiger partial charge in [0.1, 0.15) is 5.82 Å². The number of aromatic nitrogens is 2. The lowest BCUT2D eigenvalue weighted by Gasteiger charge is -2.11. The van der Waals surface area contributed by atoms with Crippen LogP contribution in [-0.2, 0) is 0 Å². The zero-order valence-electron chi connectivity index (χ0n) is 15.4. The molecule has 0 bridgehead atoms. The Kier molecular flexibility index (Phi) is 4.31. The maximum atomic E-state index is 14.8. The molecule has 1 heterocycles. The quantitative estimate of drug-likeness (QED) is 0.518. The number of benzene rings is 2. The molecule has 0 aliphatic heterocycles. The summed E-state index contributed by atoms with van der Waals surface area (Å²) >= 11 is 6.44. The predicted molar refractivity (Wildman–Crippen MR) is 109 cm³/mol. The number of halogens is 2. The summed E-state index contributed by atoms with van der Waals surface area (Å²) in [5.74, 6) is -0.262. The molecule has 0 atom stereocenters. The van der Waals surface area contributed by atoms with E-state index >= 15 is 0 Å². The Labute approximate surface area is 167 Å². The highest BCUT2D eigenvalue weighted by Crippen LogP contribution is 2.43. The van der Waals surface area contributed by atoms with Gasteiger partial charge in [0.2, 0.25) is 0 Å². The molecule has 0 radical (unpaired) electrons.